The Hall–Kier alpha value is -1.36. The van der Waals surface area contributed by atoms with Gasteiger partial charge >= 0.3 is 0 Å². The van der Waals surface area contributed by atoms with Crippen molar-refractivity contribution < 1.29 is 9.32 Å². The normalized spacial score (nSPS) is 20.8. The number of amides is 1. The standard InChI is InChI=1S/C8H11N3O2/c9-11-8(12)5-1-2-7-6(3-5)4-10-13-7/h4-5H,1-3,9H2,(H,11,12)/t5-/m1/s1. The summed E-state index contributed by atoms with van der Waals surface area (Å²) in [5.74, 6) is 5.83. The number of rotatable bonds is 1. The van der Waals surface area contributed by atoms with Crippen molar-refractivity contribution in [1.29, 1.82) is 0 Å². The van der Waals surface area contributed by atoms with E-state index in [1.54, 1.807) is 6.20 Å². The second kappa shape index (κ2) is 3.18. The summed E-state index contributed by atoms with van der Waals surface area (Å²) in [5.41, 5.74) is 3.20. The first-order chi connectivity index (χ1) is 6.31. The minimum absolute atomic E-state index is 0.0306. The highest BCUT2D eigenvalue weighted by Gasteiger charge is 2.26. The van der Waals surface area contributed by atoms with Gasteiger partial charge in [0.25, 0.3) is 0 Å². The summed E-state index contributed by atoms with van der Waals surface area (Å²) >= 11 is 0. The molecule has 3 N–H and O–H groups in total. The summed E-state index contributed by atoms with van der Waals surface area (Å²) in [4.78, 5) is 11.2. The zero-order valence-corrected chi connectivity index (χ0v) is 7.12. The van der Waals surface area contributed by atoms with E-state index in [0.717, 1.165) is 24.2 Å². The van der Waals surface area contributed by atoms with Gasteiger partial charge in [-0.2, -0.15) is 0 Å². The van der Waals surface area contributed by atoms with E-state index in [1.165, 1.54) is 0 Å². The van der Waals surface area contributed by atoms with Crippen LogP contribution >= 0.6 is 0 Å². The Morgan fingerprint density at radius 2 is 2.62 bits per heavy atom. The smallest absolute Gasteiger partial charge is 0.237 e. The third-order valence-corrected chi connectivity index (χ3v) is 2.43. The third kappa shape index (κ3) is 1.42. The number of nitrogens with zero attached hydrogens (tertiary/aromatic N) is 1. The highest BCUT2D eigenvalue weighted by Crippen LogP contribution is 2.24. The molecule has 5 nitrogen and oxygen atoms in total. The maximum Gasteiger partial charge on any atom is 0.237 e. The van der Waals surface area contributed by atoms with Gasteiger partial charge in [-0.1, -0.05) is 5.16 Å². The van der Waals surface area contributed by atoms with Crippen LogP contribution in [0.15, 0.2) is 10.7 Å². The van der Waals surface area contributed by atoms with Crippen LogP contribution in [0, 0.1) is 5.92 Å². The molecule has 0 bridgehead atoms. The lowest BCUT2D eigenvalue weighted by molar-refractivity contribution is -0.125. The molecule has 0 radical (unpaired) electrons. The van der Waals surface area contributed by atoms with Crippen molar-refractivity contribution in [3.05, 3.63) is 17.5 Å². The Bertz CT molecular complexity index is 321. The lowest BCUT2D eigenvalue weighted by Gasteiger charge is -2.18. The highest BCUT2D eigenvalue weighted by atomic mass is 16.5. The Kier molecular flexibility index (Phi) is 2.02. The van der Waals surface area contributed by atoms with Crippen molar-refractivity contribution in [3.63, 3.8) is 0 Å². The first kappa shape index (κ1) is 8.25. The topological polar surface area (TPSA) is 81.1 Å². The van der Waals surface area contributed by atoms with Gasteiger partial charge in [0.2, 0.25) is 5.91 Å². The van der Waals surface area contributed by atoms with E-state index in [0.29, 0.717) is 6.42 Å². The van der Waals surface area contributed by atoms with Gasteiger partial charge in [0.15, 0.2) is 0 Å². The van der Waals surface area contributed by atoms with Crippen molar-refractivity contribution in [1.82, 2.24) is 10.6 Å². The Labute approximate surface area is 75.2 Å². The molecule has 1 aromatic rings. The maximum atomic E-state index is 11.2. The van der Waals surface area contributed by atoms with E-state index in [9.17, 15) is 4.79 Å². The van der Waals surface area contributed by atoms with Crippen LogP contribution in [0.5, 0.6) is 0 Å². The van der Waals surface area contributed by atoms with Crippen molar-refractivity contribution in [2.45, 2.75) is 19.3 Å². The predicted molar refractivity (Wildman–Crippen MR) is 44.3 cm³/mol. The zero-order valence-electron chi connectivity index (χ0n) is 7.12. The van der Waals surface area contributed by atoms with Gasteiger partial charge in [0, 0.05) is 17.9 Å². The SMILES string of the molecule is NNC(=O)[C@@H]1CCc2oncc2C1. The van der Waals surface area contributed by atoms with Crippen LogP contribution in [0.4, 0.5) is 0 Å². The van der Waals surface area contributed by atoms with Gasteiger partial charge in [-0.25, -0.2) is 5.84 Å². The number of nitrogens with one attached hydrogen (secondary N) is 1. The average molecular weight is 181 g/mol. The second-order valence-electron chi connectivity index (χ2n) is 3.22. The summed E-state index contributed by atoms with van der Waals surface area (Å²) in [7, 11) is 0. The highest BCUT2D eigenvalue weighted by molar-refractivity contribution is 5.78. The molecule has 1 aliphatic carbocycles. The minimum atomic E-state index is -0.105. The van der Waals surface area contributed by atoms with E-state index < -0.39 is 0 Å². The summed E-state index contributed by atoms with van der Waals surface area (Å²) in [6, 6.07) is 0. The van der Waals surface area contributed by atoms with E-state index in [1.807, 2.05) is 0 Å². The van der Waals surface area contributed by atoms with Crippen LogP contribution < -0.4 is 11.3 Å². The second-order valence-corrected chi connectivity index (χ2v) is 3.22. The number of hydrogen-bond donors (Lipinski definition) is 2. The Morgan fingerprint density at radius 1 is 1.77 bits per heavy atom. The first-order valence-corrected chi connectivity index (χ1v) is 4.24. The molecule has 70 valence electrons. The number of aryl methyl sites for hydroxylation is 1. The van der Waals surface area contributed by atoms with Crippen molar-refractivity contribution in [2.75, 3.05) is 0 Å². The van der Waals surface area contributed by atoms with E-state index in [-0.39, 0.29) is 11.8 Å². The lowest BCUT2D eigenvalue weighted by Crippen LogP contribution is -2.38. The molecule has 1 amide bonds. The van der Waals surface area contributed by atoms with Gasteiger partial charge in [0.1, 0.15) is 5.76 Å². The van der Waals surface area contributed by atoms with E-state index >= 15 is 0 Å². The fourth-order valence-electron chi connectivity index (χ4n) is 1.67. The van der Waals surface area contributed by atoms with Crippen molar-refractivity contribution in [3.8, 4) is 0 Å². The quantitative estimate of drug-likeness (QED) is 0.356. The molecule has 13 heavy (non-hydrogen) atoms. The van der Waals surface area contributed by atoms with Crippen LogP contribution in [0.25, 0.3) is 0 Å². The van der Waals surface area contributed by atoms with E-state index in [4.69, 9.17) is 10.4 Å². The van der Waals surface area contributed by atoms with Gasteiger partial charge in [-0.15, -0.1) is 0 Å². The summed E-state index contributed by atoms with van der Waals surface area (Å²) in [5, 5.41) is 3.69. The van der Waals surface area contributed by atoms with Crippen LogP contribution in [-0.4, -0.2) is 11.1 Å². The largest absolute Gasteiger partial charge is 0.361 e. The number of hydrogen-bond acceptors (Lipinski definition) is 4. The molecule has 0 saturated heterocycles. The number of nitrogens with two attached hydrogens (primary N) is 1. The zero-order chi connectivity index (χ0) is 9.26. The number of carbonyl (C=O) groups excluding carboxylic acids is 1. The van der Waals surface area contributed by atoms with Gasteiger partial charge in [0.05, 0.1) is 6.20 Å². The number of aromatic nitrogens is 1. The molecule has 0 saturated carbocycles. The van der Waals surface area contributed by atoms with Crippen LogP contribution in [0.1, 0.15) is 17.7 Å². The van der Waals surface area contributed by atoms with Gasteiger partial charge < -0.3 is 4.52 Å². The molecule has 0 aromatic carbocycles. The third-order valence-electron chi connectivity index (χ3n) is 2.43. The van der Waals surface area contributed by atoms with Crippen LogP contribution in [0.3, 0.4) is 0 Å². The Morgan fingerprint density at radius 3 is 3.38 bits per heavy atom. The molecular weight excluding hydrogens is 170 g/mol. The molecule has 1 aromatic heterocycles. The molecule has 1 atom stereocenters. The molecular formula is C8H11N3O2. The van der Waals surface area contributed by atoms with E-state index in [2.05, 4.69) is 10.6 Å². The fourth-order valence-corrected chi connectivity index (χ4v) is 1.67. The van der Waals surface area contributed by atoms with Crippen molar-refractivity contribution in [2.24, 2.45) is 11.8 Å². The summed E-state index contributed by atoms with van der Waals surface area (Å²) < 4.78 is 5.00. The monoisotopic (exact) mass is 181 g/mol. The number of fused-ring (bicyclic) bond motifs is 1. The maximum absolute atomic E-state index is 11.2. The van der Waals surface area contributed by atoms with Crippen LogP contribution in [0.2, 0.25) is 0 Å². The summed E-state index contributed by atoms with van der Waals surface area (Å²) in [6.07, 6.45) is 3.91. The molecule has 0 unspecified atom stereocenters. The molecule has 1 heterocycles. The first-order valence-electron chi connectivity index (χ1n) is 4.24. The number of hydrazine groups is 1. The van der Waals surface area contributed by atoms with Crippen molar-refractivity contribution >= 4 is 5.91 Å². The van der Waals surface area contributed by atoms with Crippen LogP contribution in [-0.2, 0) is 17.6 Å². The molecule has 2 rings (SSSR count). The molecule has 1 aliphatic rings. The molecule has 0 spiro atoms. The number of carbonyl (C=O) groups is 1. The molecule has 5 heteroatoms. The summed E-state index contributed by atoms with van der Waals surface area (Å²) in [6.45, 7) is 0. The van der Waals surface area contributed by atoms with Gasteiger partial charge in [-0.05, 0) is 12.8 Å². The minimum Gasteiger partial charge on any atom is -0.361 e. The Balaban J connectivity index is 2.13. The fraction of sp³-hybridized carbons (Fsp3) is 0.500. The lowest BCUT2D eigenvalue weighted by atomic mass is 9.88. The molecule has 0 aliphatic heterocycles. The predicted octanol–water partition coefficient (Wildman–Crippen LogP) is -0.231. The average Bonchev–Trinajstić information content (AvgIpc) is 2.63. The molecule has 0 fully saturated rings. The van der Waals surface area contributed by atoms with Gasteiger partial charge in [-0.3, -0.25) is 10.2 Å².